The van der Waals surface area contributed by atoms with Crippen molar-refractivity contribution in [2.75, 3.05) is 6.67 Å². The molecule has 132 valence electrons. The summed E-state index contributed by atoms with van der Waals surface area (Å²) in [5.41, 5.74) is 5.52. The Bertz CT molecular complexity index is 334. The second-order valence-electron chi connectivity index (χ2n) is 6.21. The number of hydrogen-bond acceptors (Lipinski definition) is 6. The SMILES string of the molecule is O=C(NCNC(=O)ONC1CCCCC1)ONC1CCCCC1. The normalized spacial score (nSPS) is 19.8. The van der Waals surface area contributed by atoms with Gasteiger partial charge < -0.3 is 20.3 Å². The molecule has 0 aliphatic heterocycles. The number of hydrogen-bond donors (Lipinski definition) is 4. The van der Waals surface area contributed by atoms with E-state index in [1.165, 1.54) is 12.8 Å². The van der Waals surface area contributed by atoms with Gasteiger partial charge in [0.1, 0.15) is 0 Å². The Morgan fingerprint density at radius 3 is 1.48 bits per heavy atom. The van der Waals surface area contributed by atoms with E-state index < -0.39 is 12.2 Å². The Morgan fingerprint density at radius 1 is 0.696 bits per heavy atom. The highest BCUT2D eigenvalue weighted by Crippen LogP contribution is 2.17. The third kappa shape index (κ3) is 7.51. The molecule has 2 saturated carbocycles. The van der Waals surface area contributed by atoms with Crippen molar-refractivity contribution in [3.63, 3.8) is 0 Å². The molecule has 2 amide bonds. The number of nitrogens with one attached hydrogen (secondary N) is 4. The third-order valence-electron chi connectivity index (χ3n) is 4.31. The molecule has 0 atom stereocenters. The monoisotopic (exact) mass is 328 g/mol. The summed E-state index contributed by atoms with van der Waals surface area (Å²) in [6.45, 7) is -0.0453. The maximum absolute atomic E-state index is 11.5. The first-order chi connectivity index (χ1) is 11.2. The second kappa shape index (κ2) is 10.3. The fourth-order valence-corrected chi connectivity index (χ4v) is 2.98. The van der Waals surface area contributed by atoms with Crippen molar-refractivity contribution in [1.82, 2.24) is 21.6 Å². The minimum absolute atomic E-state index is 0.0453. The fourth-order valence-electron chi connectivity index (χ4n) is 2.98. The predicted octanol–water partition coefficient (Wildman–Crippen LogP) is 2.07. The molecule has 0 heterocycles. The first-order valence-electron chi connectivity index (χ1n) is 8.64. The second-order valence-corrected chi connectivity index (χ2v) is 6.21. The first kappa shape index (κ1) is 17.8. The van der Waals surface area contributed by atoms with Crippen LogP contribution in [0.15, 0.2) is 0 Å². The predicted molar refractivity (Wildman–Crippen MR) is 84.1 cm³/mol. The van der Waals surface area contributed by atoms with Gasteiger partial charge in [-0.25, -0.2) is 9.59 Å². The first-order valence-corrected chi connectivity index (χ1v) is 8.64. The number of carbonyl (C=O) groups is 2. The standard InChI is InChI=1S/C15H28N4O4/c20-14(22-18-12-7-3-1-4-8-12)16-11-17-15(21)23-19-13-9-5-2-6-10-13/h12-13,18-19H,1-11H2,(H,16,20)(H,17,21). The number of amides is 2. The molecule has 0 aromatic rings. The van der Waals surface area contributed by atoms with E-state index in [0.717, 1.165) is 51.4 Å². The van der Waals surface area contributed by atoms with Gasteiger partial charge >= 0.3 is 12.2 Å². The van der Waals surface area contributed by atoms with Crippen LogP contribution in [0.4, 0.5) is 9.59 Å². The lowest BCUT2D eigenvalue weighted by molar-refractivity contribution is 0.0530. The zero-order valence-electron chi connectivity index (χ0n) is 13.6. The Morgan fingerprint density at radius 2 is 1.09 bits per heavy atom. The topological polar surface area (TPSA) is 101 Å². The molecule has 0 radical (unpaired) electrons. The minimum atomic E-state index is -0.615. The summed E-state index contributed by atoms with van der Waals surface area (Å²) in [7, 11) is 0. The molecule has 0 saturated heterocycles. The van der Waals surface area contributed by atoms with Gasteiger partial charge in [-0.1, -0.05) is 38.5 Å². The lowest BCUT2D eigenvalue weighted by Gasteiger charge is -2.22. The highest BCUT2D eigenvalue weighted by Gasteiger charge is 2.16. The smallest absolute Gasteiger partial charge is 0.354 e. The summed E-state index contributed by atoms with van der Waals surface area (Å²) in [5.74, 6) is 0. The van der Waals surface area contributed by atoms with Gasteiger partial charge in [0.05, 0.1) is 6.67 Å². The van der Waals surface area contributed by atoms with Crippen molar-refractivity contribution in [3.05, 3.63) is 0 Å². The van der Waals surface area contributed by atoms with Gasteiger partial charge in [-0.3, -0.25) is 0 Å². The van der Waals surface area contributed by atoms with Crippen LogP contribution in [0.3, 0.4) is 0 Å². The van der Waals surface area contributed by atoms with Crippen LogP contribution in [0.5, 0.6) is 0 Å². The summed E-state index contributed by atoms with van der Waals surface area (Å²) in [4.78, 5) is 32.8. The van der Waals surface area contributed by atoms with Crippen molar-refractivity contribution < 1.29 is 19.3 Å². The molecular weight excluding hydrogens is 300 g/mol. The molecule has 2 rings (SSSR count). The zero-order chi connectivity index (χ0) is 16.3. The van der Waals surface area contributed by atoms with E-state index >= 15 is 0 Å². The zero-order valence-corrected chi connectivity index (χ0v) is 13.6. The van der Waals surface area contributed by atoms with Crippen LogP contribution in [0.2, 0.25) is 0 Å². The van der Waals surface area contributed by atoms with Crippen LogP contribution in [-0.4, -0.2) is 30.9 Å². The molecule has 0 aromatic heterocycles. The van der Waals surface area contributed by atoms with Gasteiger partial charge in [0, 0.05) is 12.1 Å². The van der Waals surface area contributed by atoms with E-state index in [-0.39, 0.29) is 18.8 Å². The third-order valence-corrected chi connectivity index (χ3v) is 4.31. The Labute approximate surface area is 136 Å². The number of hydroxylamine groups is 2. The molecule has 23 heavy (non-hydrogen) atoms. The minimum Gasteiger partial charge on any atom is -0.354 e. The van der Waals surface area contributed by atoms with Crippen molar-refractivity contribution >= 4 is 12.2 Å². The van der Waals surface area contributed by atoms with E-state index in [1.807, 2.05) is 0 Å². The van der Waals surface area contributed by atoms with Crippen molar-refractivity contribution in [2.45, 2.75) is 76.3 Å². The maximum atomic E-state index is 11.5. The van der Waals surface area contributed by atoms with Crippen LogP contribution < -0.4 is 21.6 Å². The Balaban J connectivity index is 1.46. The molecule has 4 N–H and O–H groups in total. The molecule has 2 fully saturated rings. The maximum Gasteiger partial charge on any atom is 0.427 e. The van der Waals surface area contributed by atoms with E-state index in [4.69, 9.17) is 9.68 Å². The average Bonchev–Trinajstić information content (AvgIpc) is 2.60. The van der Waals surface area contributed by atoms with Crippen LogP contribution in [0, 0.1) is 0 Å². The van der Waals surface area contributed by atoms with Crippen LogP contribution in [0.1, 0.15) is 64.2 Å². The van der Waals surface area contributed by atoms with Gasteiger partial charge in [0.15, 0.2) is 0 Å². The van der Waals surface area contributed by atoms with Crippen LogP contribution in [0.25, 0.3) is 0 Å². The van der Waals surface area contributed by atoms with E-state index in [0.29, 0.717) is 0 Å². The van der Waals surface area contributed by atoms with Crippen molar-refractivity contribution in [1.29, 1.82) is 0 Å². The molecule has 0 spiro atoms. The summed E-state index contributed by atoms with van der Waals surface area (Å²) in [5, 5.41) is 4.86. The largest absolute Gasteiger partial charge is 0.427 e. The Kier molecular flexibility index (Phi) is 7.96. The van der Waals surface area contributed by atoms with E-state index in [1.54, 1.807) is 0 Å². The molecule has 2 aliphatic rings. The molecule has 8 nitrogen and oxygen atoms in total. The molecule has 2 aliphatic carbocycles. The summed E-state index contributed by atoms with van der Waals surface area (Å²) in [6, 6.07) is 0.458. The molecule has 0 unspecified atom stereocenters. The molecule has 8 heteroatoms. The van der Waals surface area contributed by atoms with Gasteiger partial charge in [0.25, 0.3) is 0 Å². The number of rotatable bonds is 6. The van der Waals surface area contributed by atoms with E-state index in [9.17, 15) is 9.59 Å². The quantitative estimate of drug-likeness (QED) is 0.440. The average molecular weight is 328 g/mol. The molecule has 0 aromatic carbocycles. The summed E-state index contributed by atoms with van der Waals surface area (Å²) in [6.07, 6.45) is 9.95. The lowest BCUT2D eigenvalue weighted by Crippen LogP contribution is -2.43. The van der Waals surface area contributed by atoms with E-state index in [2.05, 4.69) is 21.6 Å². The van der Waals surface area contributed by atoms with Gasteiger partial charge in [-0.15, -0.1) is 11.0 Å². The summed E-state index contributed by atoms with van der Waals surface area (Å²) >= 11 is 0. The van der Waals surface area contributed by atoms with Gasteiger partial charge in [-0.2, -0.15) is 0 Å². The van der Waals surface area contributed by atoms with Gasteiger partial charge in [-0.05, 0) is 25.7 Å². The molecule has 0 bridgehead atoms. The van der Waals surface area contributed by atoms with Crippen LogP contribution in [-0.2, 0) is 9.68 Å². The Hall–Kier alpha value is -1.54. The summed E-state index contributed by atoms with van der Waals surface area (Å²) < 4.78 is 0. The fraction of sp³-hybridized carbons (Fsp3) is 0.867. The highest BCUT2D eigenvalue weighted by atomic mass is 16.7. The van der Waals surface area contributed by atoms with Crippen molar-refractivity contribution in [2.24, 2.45) is 0 Å². The van der Waals surface area contributed by atoms with Crippen molar-refractivity contribution in [3.8, 4) is 0 Å². The van der Waals surface area contributed by atoms with Gasteiger partial charge in [0.2, 0.25) is 0 Å². The lowest BCUT2D eigenvalue weighted by atomic mass is 9.96. The highest BCUT2D eigenvalue weighted by molar-refractivity contribution is 5.69. The molecular formula is C15H28N4O4. The number of carbonyl (C=O) groups excluding carboxylic acids is 2. The van der Waals surface area contributed by atoms with Crippen LogP contribution >= 0.6 is 0 Å².